The molecule has 5 atom stereocenters. The van der Waals surface area contributed by atoms with Gasteiger partial charge in [0.2, 0.25) is 0 Å². The molecule has 1 fully saturated rings. The molecule has 1 saturated carbocycles. The predicted octanol–water partition coefficient (Wildman–Crippen LogP) is 4.32. The topological polar surface area (TPSA) is 26.3 Å². The van der Waals surface area contributed by atoms with E-state index < -0.39 is 0 Å². The Labute approximate surface area is 131 Å². The average molecular weight is 302 g/mol. The molecular weight excluding hydrogens is 279 g/mol. The maximum Gasteiger partial charge on any atom is 0.306 e. The van der Waals surface area contributed by atoms with Crippen molar-refractivity contribution in [1.29, 1.82) is 0 Å². The van der Waals surface area contributed by atoms with Crippen LogP contribution in [0.5, 0.6) is 0 Å². The van der Waals surface area contributed by atoms with Crippen LogP contribution < -0.4 is 0 Å². The molecule has 0 radical (unpaired) electrons. The summed E-state index contributed by atoms with van der Waals surface area (Å²) >= 11 is 0. The second-order valence-electron chi connectivity index (χ2n) is 6.79. The third-order valence-electron chi connectivity index (χ3n) is 6.14. The molecule has 0 aromatic heterocycles. The Hall–Kier alpha value is -1.64. The number of hydrogen-bond acceptors (Lipinski definition) is 2. The van der Waals surface area contributed by atoms with E-state index in [1.165, 1.54) is 30.4 Å². The average Bonchev–Trinajstić information content (AvgIpc) is 2.51. The third kappa shape index (κ3) is 1.87. The number of allylic oxidation sites excluding steroid dienone is 2. The molecule has 3 rings (SSSR count). The maximum absolute atomic E-state index is 13.2. The molecule has 0 saturated heterocycles. The van der Waals surface area contributed by atoms with Crippen LogP contribution in [-0.2, 0) is 9.53 Å². The minimum absolute atomic E-state index is 0.122. The van der Waals surface area contributed by atoms with E-state index in [9.17, 15) is 9.18 Å². The molecule has 118 valence electrons. The Morgan fingerprint density at radius 1 is 1.32 bits per heavy atom. The molecule has 2 aliphatic rings. The summed E-state index contributed by atoms with van der Waals surface area (Å²) in [4.78, 5) is 11.6. The summed E-state index contributed by atoms with van der Waals surface area (Å²) in [5.74, 6) is 1.21. The Morgan fingerprint density at radius 3 is 2.45 bits per heavy atom. The van der Waals surface area contributed by atoms with Gasteiger partial charge in [0.15, 0.2) is 0 Å². The van der Waals surface area contributed by atoms with Crippen LogP contribution in [0.25, 0.3) is 0 Å². The van der Waals surface area contributed by atoms with Crippen molar-refractivity contribution in [3.8, 4) is 0 Å². The third-order valence-corrected chi connectivity index (χ3v) is 6.14. The first kappa shape index (κ1) is 15.3. The van der Waals surface area contributed by atoms with E-state index in [2.05, 4.69) is 26.8 Å². The van der Waals surface area contributed by atoms with Crippen molar-refractivity contribution in [1.82, 2.24) is 0 Å². The summed E-state index contributed by atoms with van der Waals surface area (Å²) in [6, 6.07) is 6.84. The number of carbonyl (C=O) groups excluding carboxylic acids is 1. The largest absolute Gasteiger partial charge is 0.469 e. The van der Waals surface area contributed by atoms with Crippen LogP contribution >= 0.6 is 0 Å². The molecule has 22 heavy (non-hydrogen) atoms. The highest BCUT2D eigenvalue weighted by Gasteiger charge is 2.65. The van der Waals surface area contributed by atoms with Gasteiger partial charge in [-0.05, 0) is 41.4 Å². The smallest absolute Gasteiger partial charge is 0.306 e. The van der Waals surface area contributed by atoms with Gasteiger partial charge in [0, 0.05) is 5.41 Å². The van der Waals surface area contributed by atoms with Gasteiger partial charge in [-0.15, -0.1) is 0 Å². The van der Waals surface area contributed by atoms with Crippen LogP contribution in [0, 0.1) is 29.0 Å². The second-order valence-corrected chi connectivity index (χ2v) is 6.79. The summed E-state index contributed by atoms with van der Waals surface area (Å²) < 4.78 is 18.0. The quantitative estimate of drug-likeness (QED) is 0.611. The molecule has 0 amide bonds. The van der Waals surface area contributed by atoms with Gasteiger partial charge < -0.3 is 4.74 Å². The summed E-state index contributed by atoms with van der Waals surface area (Å²) in [5, 5.41) is 0. The number of esters is 1. The number of halogens is 1. The molecule has 0 N–H and O–H groups in total. The van der Waals surface area contributed by atoms with Gasteiger partial charge in [-0.3, -0.25) is 4.79 Å². The lowest BCUT2D eigenvalue weighted by molar-refractivity contribution is -0.145. The van der Waals surface area contributed by atoms with Crippen molar-refractivity contribution in [3.05, 3.63) is 47.3 Å². The Kier molecular flexibility index (Phi) is 3.62. The monoisotopic (exact) mass is 302 g/mol. The molecule has 0 bridgehead atoms. The van der Waals surface area contributed by atoms with Crippen LogP contribution in [-0.4, -0.2) is 13.1 Å². The number of carbonyl (C=O) groups is 1. The van der Waals surface area contributed by atoms with Gasteiger partial charge in [0.25, 0.3) is 0 Å². The SMILES string of the molecule is COC(=O)CC1C2=CC(C)C2(C(C)c2ccc(F)cc2)C1C. The van der Waals surface area contributed by atoms with E-state index in [-0.39, 0.29) is 17.2 Å². The zero-order valence-electron chi connectivity index (χ0n) is 13.6. The standard InChI is InChI=1S/C19H23FO2/c1-11-9-17-16(10-18(21)22-4)13(3)19(11,17)12(2)14-5-7-15(20)8-6-14/h5-9,11-13,16H,10H2,1-4H3. The number of methoxy groups -OCH3 is 1. The lowest BCUT2D eigenvalue weighted by Crippen LogP contribution is -2.61. The van der Waals surface area contributed by atoms with Gasteiger partial charge in [-0.25, -0.2) is 4.39 Å². The lowest BCUT2D eigenvalue weighted by Gasteiger charge is -2.68. The number of ether oxygens (including phenoxy) is 1. The van der Waals surface area contributed by atoms with E-state index in [0.717, 1.165) is 0 Å². The minimum atomic E-state index is -0.198. The summed E-state index contributed by atoms with van der Waals surface area (Å²) in [5.41, 5.74) is 2.69. The first-order valence-corrected chi connectivity index (χ1v) is 7.97. The maximum atomic E-state index is 13.2. The highest BCUT2D eigenvalue weighted by atomic mass is 19.1. The Balaban J connectivity index is 1.86. The fourth-order valence-corrected chi connectivity index (χ4v) is 4.96. The van der Waals surface area contributed by atoms with E-state index >= 15 is 0 Å². The van der Waals surface area contributed by atoms with Crippen LogP contribution in [0.1, 0.15) is 38.7 Å². The minimum Gasteiger partial charge on any atom is -0.469 e. The van der Waals surface area contributed by atoms with E-state index in [0.29, 0.717) is 30.1 Å². The Morgan fingerprint density at radius 2 is 1.95 bits per heavy atom. The van der Waals surface area contributed by atoms with Crippen molar-refractivity contribution in [2.75, 3.05) is 7.11 Å². The van der Waals surface area contributed by atoms with E-state index in [1.807, 2.05) is 12.1 Å². The molecule has 5 unspecified atom stereocenters. The molecule has 1 aromatic rings. The fourth-order valence-electron chi connectivity index (χ4n) is 4.96. The van der Waals surface area contributed by atoms with Gasteiger partial charge in [0.05, 0.1) is 13.5 Å². The highest BCUT2D eigenvalue weighted by Crippen LogP contribution is 2.72. The molecular formula is C19H23FO2. The zero-order chi connectivity index (χ0) is 16.1. The molecule has 0 aliphatic heterocycles. The van der Waals surface area contributed by atoms with Crippen LogP contribution in [0.4, 0.5) is 4.39 Å². The van der Waals surface area contributed by atoms with Crippen molar-refractivity contribution < 1.29 is 13.9 Å². The molecule has 0 spiro atoms. The van der Waals surface area contributed by atoms with Crippen LogP contribution in [0.15, 0.2) is 35.9 Å². The number of fused-ring (bicyclic) bond motifs is 1. The number of rotatable bonds is 4. The molecule has 3 heteroatoms. The lowest BCUT2D eigenvalue weighted by atomic mass is 9.36. The van der Waals surface area contributed by atoms with Crippen LogP contribution in [0.3, 0.4) is 0 Å². The first-order chi connectivity index (χ1) is 10.4. The van der Waals surface area contributed by atoms with Gasteiger partial charge >= 0.3 is 5.97 Å². The predicted molar refractivity (Wildman–Crippen MR) is 83.8 cm³/mol. The van der Waals surface area contributed by atoms with Crippen molar-refractivity contribution in [2.24, 2.45) is 23.2 Å². The summed E-state index contributed by atoms with van der Waals surface area (Å²) in [6.07, 6.45) is 2.77. The second kappa shape index (κ2) is 5.22. The van der Waals surface area contributed by atoms with Crippen molar-refractivity contribution >= 4 is 5.97 Å². The number of benzene rings is 1. The Bertz CT molecular complexity index is 619. The van der Waals surface area contributed by atoms with Gasteiger partial charge in [0.1, 0.15) is 5.82 Å². The number of hydrogen-bond donors (Lipinski definition) is 0. The van der Waals surface area contributed by atoms with Gasteiger partial charge in [-0.2, -0.15) is 0 Å². The molecule has 2 nitrogen and oxygen atoms in total. The van der Waals surface area contributed by atoms with Gasteiger partial charge in [-0.1, -0.05) is 44.6 Å². The summed E-state index contributed by atoms with van der Waals surface area (Å²) in [7, 11) is 1.44. The molecule has 0 heterocycles. The van der Waals surface area contributed by atoms with E-state index in [4.69, 9.17) is 4.74 Å². The molecule has 2 aliphatic carbocycles. The van der Waals surface area contributed by atoms with Crippen molar-refractivity contribution in [2.45, 2.75) is 33.1 Å². The fraction of sp³-hybridized carbons (Fsp3) is 0.526. The van der Waals surface area contributed by atoms with E-state index in [1.54, 1.807) is 0 Å². The molecule has 1 aromatic carbocycles. The van der Waals surface area contributed by atoms with Crippen molar-refractivity contribution in [3.63, 3.8) is 0 Å². The zero-order valence-corrected chi connectivity index (χ0v) is 13.6. The van der Waals surface area contributed by atoms with Crippen LogP contribution in [0.2, 0.25) is 0 Å². The summed E-state index contributed by atoms with van der Waals surface area (Å²) in [6.45, 7) is 6.70. The first-order valence-electron chi connectivity index (χ1n) is 7.97. The normalized spacial score (nSPS) is 33.9. The highest BCUT2D eigenvalue weighted by molar-refractivity contribution is 5.71.